The third-order valence-electron chi connectivity index (χ3n) is 5.43. The monoisotopic (exact) mass is 331 g/mol. The highest BCUT2D eigenvalue weighted by Gasteiger charge is 2.41. The smallest absolute Gasteiger partial charge is 0.222 e. The van der Waals surface area contributed by atoms with Crippen LogP contribution in [-0.2, 0) is 4.79 Å². The molecule has 1 spiro atoms. The first kappa shape index (κ1) is 17.2. The Kier molecular flexibility index (Phi) is 5.09. The number of aliphatic hydroxyl groups excluding tert-OH is 1. The number of carbonyl (C=O) groups excluding carboxylic acids is 1. The van der Waals surface area contributed by atoms with Gasteiger partial charge < -0.3 is 14.9 Å². The van der Waals surface area contributed by atoms with Gasteiger partial charge in [-0.05, 0) is 51.7 Å². The fourth-order valence-electron chi connectivity index (χ4n) is 4.32. The van der Waals surface area contributed by atoms with Crippen LogP contribution in [0.2, 0.25) is 0 Å². The summed E-state index contributed by atoms with van der Waals surface area (Å²) in [5.74, 6) is 0.252. The lowest BCUT2D eigenvalue weighted by atomic mass is 9.73. The van der Waals surface area contributed by atoms with Crippen LogP contribution in [0.3, 0.4) is 0 Å². The number of carbonyl (C=O) groups is 1. The van der Waals surface area contributed by atoms with Crippen LogP contribution >= 0.6 is 0 Å². The van der Waals surface area contributed by atoms with Gasteiger partial charge >= 0.3 is 0 Å². The van der Waals surface area contributed by atoms with E-state index in [-0.39, 0.29) is 17.9 Å². The second-order valence-corrected chi connectivity index (χ2v) is 7.53. The largest absolute Gasteiger partial charge is 0.396 e. The van der Waals surface area contributed by atoms with Gasteiger partial charge in [0.1, 0.15) is 0 Å². The molecule has 3 heterocycles. The second-order valence-electron chi connectivity index (χ2n) is 7.53. The van der Waals surface area contributed by atoms with Crippen molar-refractivity contribution in [3.63, 3.8) is 0 Å². The number of hydrogen-bond donors (Lipinski definition) is 1. The number of anilines is 1. The quantitative estimate of drug-likeness (QED) is 0.920. The van der Waals surface area contributed by atoms with Crippen molar-refractivity contribution in [1.29, 1.82) is 0 Å². The molecule has 5 nitrogen and oxygen atoms in total. The number of aromatic nitrogens is 1. The average Bonchev–Trinajstić information content (AvgIpc) is 2.55. The SMILES string of the molecule is Cc1cc(N2CCCC3(CCC(=O)N(CCCO)C3)C2)cc(C)n1. The Hall–Kier alpha value is -1.62. The highest BCUT2D eigenvalue weighted by molar-refractivity contribution is 5.77. The van der Waals surface area contributed by atoms with E-state index in [0.29, 0.717) is 19.4 Å². The van der Waals surface area contributed by atoms with Gasteiger partial charge in [-0.1, -0.05) is 0 Å². The molecule has 2 aliphatic heterocycles. The second kappa shape index (κ2) is 7.09. The molecule has 2 saturated heterocycles. The minimum absolute atomic E-state index is 0.151. The third kappa shape index (κ3) is 3.72. The molecule has 1 amide bonds. The highest BCUT2D eigenvalue weighted by atomic mass is 16.3. The van der Waals surface area contributed by atoms with Crippen molar-refractivity contribution in [2.75, 3.05) is 37.7 Å². The average molecular weight is 331 g/mol. The molecular formula is C19H29N3O2. The van der Waals surface area contributed by atoms with Crippen molar-refractivity contribution in [3.8, 4) is 0 Å². The first-order chi connectivity index (χ1) is 11.5. The van der Waals surface area contributed by atoms with Crippen molar-refractivity contribution in [2.24, 2.45) is 5.41 Å². The maximum atomic E-state index is 12.2. The minimum Gasteiger partial charge on any atom is -0.396 e. The summed E-state index contributed by atoms with van der Waals surface area (Å²) >= 11 is 0. The molecule has 3 rings (SSSR count). The number of hydrogen-bond acceptors (Lipinski definition) is 4. The molecule has 1 aromatic rings. The predicted molar refractivity (Wildman–Crippen MR) is 95.1 cm³/mol. The van der Waals surface area contributed by atoms with E-state index < -0.39 is 0 Å². The van der Waals surface area contributed by atoms with Crippen molar-refractivity contribution in [3.05, 3.63) is 23.5 Å². The van der Waals surface area contributed by atoms with Crippen LogP contribution in [0.1, 0.15) is 43.5 Å². The number of likely N-dealkylation sites (tertiary alicyclic amines) is 1. The Bertz CT molecular complexity index is 584. The predicted octanol–water partition coefficient (Wildman–Crippen LogP) is 2.29. The molecule has 0 bridgehead atoms. The first-order valence-electron chi connectivity index (χ1n) is 9.10. The molecule has 0 aromatic carbocycles. The Morgan fingerprint density at radius 1 is 1.21 bits per heavy atom. The van der Waals surface area contributed by atoms with E-state index in [9.17, 15) is 4.79 Å². The van der Waals surface area contributed by atoms with Gasteiger partial charge in [-0.3, -0.25) is 9.78 Å². The van der Waals surface area contributed by atoms with E-state index in [1.54, 1.807) is 0 Å². The number of nitrogens with zero attached hydrogens (tertiary/aromatic N) is 3. The van der Waals surface area contributed by atoms with Crippen LogP contribution in [-0.4, -0.2) is 53.7 Å². The summed E-state index contributed by atoms with van der Waals surface area (Å²) in [5.41, 5.74) is 3.59. The van der Waals surface area contributed by atoms with Crippen LogP contribution in [0.15, 0.2) is 12.1 Å². The zero-order chi connectivity index (χ0) is 17.2. The van der Waals surface area contributed by atoms with Crippen LogP contribution in [0.5, 0.6) is 0 Å². The number of piperidine rings is 2. The molecule has 1 atom stereocenters. The van der Waals surface area contributed by atoms with Crippen LogP contribution < -0.4 is 4.90 Å². The number of aryl methyl sites for hydroxylation is 2. The minimum atomic E-state index is 0.151. The fourth-order valence-corrected chi connectivity index (χ4v) is 4.32. The van der Waals surface area contributed by atoms with Gasteiger partial charge in [0.25, 0.3) is 0 Å². The summed E-state index contributed by atoms with van der Waals surface area (Å²) in [6.45, 7) is 7.86. The Morgan fingerprint density at radius 2 is 1.96 bits per heavy atom. The lowest BCUT2D eigenvalue weighted by Crippen LogP contribution is -2.54. The normalized spacial score (nSPS) is 24.7. The summed E-state index contributed by atoms with van der Waals surface area (Å²) in [6, 6.07) is 4.34. The fraction of sp³-hybridized carbons (Fsp3) is 0.684. The molecule has 1 aromatic heterocycles. The molecule has 0 saturated carbocycles. The number of pyridine rings is 1. The van der Waals surface area contributed by atoms with Crippen LogP contribution in [0.25, 0.3) is 0 Å². The molecule has 2 aliphatic rings. The lowest BCUT2D eigenvalue weighted by molar-refractivity contribution is -0.138. The van der Waals surface area contributed by atoms with Gasteiger partial charge in [0, 0.05) is 61.7 Å². The zero-order valence-corrected chi connectivity index (χ0v) is 14.9. The van der Waals surface area contributed by atoms with Crippen LogP contribution in [0.4, 0.5) is 5.69 Å². The van der Waals surface area contributed by atoms with E-state index in [1.807, 2.05) is 18.7 Å². The molecule has 1 N–H and O–H groups in total. The lowest BCUT2D eigenvalue weighted by Gasteiger charge is -2.49. The van der Waals surface area contributed by atoms with Crippen molar-refractivity contribution >= 4 is 11.6 Å². The first-order valence-corrected chi connectivity index (χ1v) is 9.10. The van der Waals surface area contributed by atoms with Gasteiger partial charge in [0.05, 0.1) is 0 Å². The Balaban J connectivity index is 1.75. The molecular weight excluding hydrogens is 302 g/mol. The maximum Gasteiger partial charge on any atom is 0.222 e. The molecule has 132 valence electrons. The maximum absolute atomic E-state index is 12.2. The van der Waals surface area contributed by atoms with E-state index in [1.165, 1.54) is 18.5 Å². The topological polar surface area (TPSA) is 56.7 Å². The van der Waals surface area contributed by atoms with Gasteiger partial charge in [-0.2, -0.15) is 0 Å². The molecule has 0 aliphatic carbocycles. The zero-order valence-electron chi connectivity index (χ0n) is 14.9. The van der Waals surface area contributed by atoms with Gasteiger partial charge in [-0.25, -0.2) is 0 Å². The summed E-state index contributed by atoms with van der Waals surface area (Å²) in [4.78, 5) is 21.1. The molecule has 5 heteroatoms. The Labute approximate surface area is 144 Å². The number of aliphatic hydroxyl groups is 1. The van der Waals surface area contributed by atoms with Crippen LogP contribution in [0, 0.1) is 19.3 Å². The van der Waals surface area contributed by atoms with Gasteiger partial charge in [0.15, 0.2) is 0 Å². The molecule has 24 heavy (non-hydrogen) atoms. The Morgan fingerprint density at radius 3 is 2.67 bits per heavy atom. The molecule has 0 radical (unpaired) electrons. The van der Waals surface area contributed by atoms with Gasteiger partial charge in [0.2, 0.25) is 5.91 Å². The third-order valence-corrected chi connectivity index (χ3v) is 5.43. The highest BCUT2D eigenvalue weighted by Crippen LogP contribution is 2.40. The van der Waals surface area contributed by atoms with E-state index in [2.05, 4.69) is 22.0 Å². The van der Waals surface area contributed by atoms with E-state index in [0.717, 1.165) is 37.4 Å². The number of amides is 1. The standard InChI is InChI=1S/C19H29N3O2/c1-15-11-17(12-16(2)20-15)21-8-3-6-19(13-21)7-5-18(24)22(14-19)9-4-10-23/h11-12,23H,3-10,13-14H2,1-2H3. The molecule has 1 unspecified atom stereocenters. The summed E-state index contributed by atoms with van der Waals surface area (Å²) in [5, 5.41) is 9.08. The van der Waals surface area contributed by atoms with Crippen molar-refractivity contribution in [1.82, 2.24) is 9.88 Å². The van der Waals surface area contributed by atoms with E-state index in [4.69, 9.17) is 5.11 Å². The summed E-state index contributed by atoms with van der Waals surface area (Å²) < 4.78 is 0. The van der Waals surface area contributed by atoms with Gasteiger partial charge in [-0.15, -0.1) is 0 Å². The van der Waals surface area contributed by atoms with E-state index >= 15 is 0 Å². The van der Waals surface area contributed by atoms with Crippen molar-refractivity contribution in [2.45, 2.75) is 46.0 Å². The summed E-state index contributed by atoms with van der Waals surface area (Å²) in [6.07, 6.45) is 4.67. The molecule has 2 fully saturated rings. The number of rotatable bonds is 4. The summed E-state index contributed by atoms with van der Waals surface area (Å²) in [7, 11) is 0. The van der Waals surface area contributed by atoms with Crippen molar-refractivity contribution < 1.29 is 9.90 Å².